The van der Waals surface area contributed by atoms with Gasteiger partial charge < -0.3 is 16.0 Å². The zero-order valence-corrected chi connectivity index (χ0v) is 10.3. The monoisotopic (exact) mass is 244 g/mol. The van der Waals surface area contributed by atoms with Crippen molar-refractivity contribution < 1.29 is 4.79 Å². The topological polar surface area (TPSA) is 82.2 Å². The summed E-state index contributed by atoms with van der Waals surface area (Å²) in [5, 5.41) is 12.2. The molecule has 1 saturated heterocycles. The molecule has 1 aromatic carbocycles. The van der Waals surface area contributed by atoms with Crippen LogP contribution in [0.4, 0.5) is 11.4 Å². The van der Waals surface area contributed by atoms with Crippen molar-refractivity contribution in [3.05, 3.63) is 23.8 Å². The van der Waals surface area contributed by atoms with Crippen LogP contribution in [0, 0.1) is 11.3 Å². The van der Waals surface area contributed by atoms with Gasteiger partial charge in [-0.25, -0.2) is 0 Å². The van der Waals surface area contributed by atoms with Crippen molar-refractivity contribution in [1.29, 1.82) is 5.26 Å². The zero-order valence-electron chi connectivity index (χ0n) is 10.3. The molecular weight excluding hydrogens is 228 g/mol. The number of carbonyl (C=O) groups is 1. The Balaban J connectivity index is 2.10. The molecule has 1 unspecified atom stereocenters. The SMILES string of the molecule is CN1CC(Nc2cc(C#N)ccc2N)CCC1=O. The lowest BCUT2D eigenvalue weighted by Crippen LogP contribution is -2.43. The number of amides is 1. The quantitative estimate of drug-likeness (QED) is 0.765. The molecule has 1 fully saturated rings. The normalized spacial score (nSPS) is 19.4. The summed E-state index contributed by atoms with van der Waals surface area (Å²) in [6, 6.07) is 7.43. The molecule has 5 nitrogen and oxygen atoms in total. The first-order valence-electron chi connectivity index (χ1n) is 5.90. The first-order valence-corrected chi connectivity index (χ1v) is 5.90. The zero-order chi connectivity index (χ0) is 13.1. The molecule has 18 heavy (non-hydrogen) atoms. The number of piperidine rings is 1. The molecule has 0 spiro atoms. The van der Waals surface area contributed by atoms with Crippen LogP contribution >= 0.6 is 0 Å². The molecule has 5 heteroatoms. The van der Waals surface area contributed by atoms with E-state index in [-0.39, 0.29) is 11.9 Å². The molecule has 1 atom stereocenters. The number of likely N-dealkylation sites (N-methyl/N-ethyl adjacent to an activating group) is 1. The van der Waals surface area contributed by atoms with Crippen LogP contribution in [0.2, 0.25) is 0 Å². The summed E-state index contributed by atoms with van der Waals surface area (Å²) in [7, 11) is 1.80. The largest absolute Gasteiger partial charge is 0.397 e. The minimum atomic E-state index is 0.173. The predicted octanol–water partition coefficient (Wildman–Crippen LogP) is 1.17. The van der Waals surface area contributed by atoms with Crippen LogP contribution in [0.5, 0.6) is 0 Å². The number of likely N-dealkylation sites (tertiary alicyclic amines) is 1. The second kappa shape index (κ2) is 4.96. The molecule has 1 aliphatic heterocycles. The number of nitrogens with two attached hydrogens (primary N) is 1. The number of nitrogen functional groups attached to an aromatic ring is 1. The summed E-state index contributed by atoms with van der Waals surface area (Å²) in [5.74, 6) is 0.173. The van der Waals surface area contributed by atoms with Gasteiger partial charge in [-0.15, -0.1) is 0 Å². The highest BCUT2D eigenvalue weighted by Gasteiger charge is 2.22. The van der Waals surface area contributed by atoms with E-state index in [0.29, 0.717) is 24.2 Å². The number of nitriles is 1. The lowest BCUT2D eigenvalue weighted by molar-refractivity contribution is -0.132. The van der Waals surface area contributed by atoms with Gasteiger partial charge in [-0.1, -0.05) is 0 Å². The number of nitrogens with one attached hydrogen (secondary N) is 1. The van der Waals surface area contributed by atoms with Crippen molar-refractivity contribution >= 4 is 17.3 Å². The van der Waals surface area contributed by atoms with E-state index in [1.807, 2.05) is 0 Å². The van der Waals surface area contributed by atoms with E-state index in [9.17, 15) is 4.79 Å². The van der Waals surface area contributed by atoms with E-state index >= 15 is 0 Å². The van der Waals surface area contributed by atoms with Crippen LogP contribution in [0.1, 0.15) is 18.4 Å². The number of anilines is 2. The fourth-order valence-corrected chi connectivity index (χ4v) is 2.10. The average Bonchev–Trinajstić information content (AvgIpc) is 2.36. The Hall–Kier alpha value is -2.22. The predicted molar refractivity (Wildman–Crippen MR) is 69.9 cm³/mol. The molecule has 0 radical (unpaired) electrons. The number of benzene rings is 1. The number of hydrogen-bond acceptors (Lipinski definition) is 4. The first-order chi connectivity index (χ1) is 8.60. The van der Waals surface area contributed by atoms with Crippen LogP contribution in [-0.2, 0) is 4.79 Å². The number of nitrogens with zero attached hydrogens (tertiary/aromatic N) is 2. The maximum Gasteiger partial charge on any atom is 0.222 e. The van der Waals surface area contributed by atoms with Gasteiger partial charge in [0, 0.05) is 26.1 Å². The van der Waals surface area contributed by atoms with Crippen molar-refractivity contribution in [3.8, 4) is 6.07 Å². The Bertz CT molecular complexity index is 506. The average molecular weight is 244 g/mol. The second-order valence-electron chi connectivity index (χ2n) is 4.57. The maximum atomic E-state index is 11.4. The Morgan fingerprint density at radius 3 is 3.00 bits per heavy atom. The molecule has 0 saturated carbocycles. The molecule has 94 valence electrons. The molecule has 0 aliphatic carbocycles. The van der Waals surface area contributed by atoms with Crippen LogP contribution in [0.3, 0.4) is 0 Å². The molecule has 1 heterocycles. The Kier molecular flexibility index (Phi) is 3.38. The summed E-state index contributed by atoms with van der Waals surface area (Å²) in [5.41, 5.74) is 7.83. The molecule has 1 amide bonds. The van der Waals surface area contributed by atoms with E-state index in [1.54, 1.807) is 30.1 Å². The molecule has 2 rings (SSSR count). The van der Waals surface area contributed by atoms with E-state index in [2.05, 4.69) is 11.4 Å². The highest BCUT2D eigenvalue weighted by atomic mass is 16.2. The van der Waals surface area contributed by atoms with Crippen LogP contribution in [-0.4, -0.2) is 30.4 Å². The van der Waals surface area contributed by atoms with Crippen LogP contribution in [0.15, 0.2) is 18.2 Å². The number of rotatable bonds is 2. The number of carbonyl (C=O) groups excluding carboxylic acids is 1. The van der Waals surface area contributed by atoms with Gasteiger partial charge in [0.1, 0.15) is 0 Å². The van der Waals surface area contributed by atoms with Gasteiger partial charge in [0.25, 0.3) is 0 Å². The highest BCUT2D eigenvalue weighted by Crippen LogP contribution is 2.23. The van der Waals surface area contributed by atoms with Crippen molar-refractivity contribution in [2.75, 3.05) is 24.6 Å². The van der Waals surface area contributed by atoms with Gasteiger partial charge in [0.15, 0.2) is 0 Å². The summed E-state index contributed by atoms with van der Waals surface area (Å²) in [6.07, 6.45) is 1.34. The molecular formula is C13H16N4O. The fourth-order valence-electron chi connectivity index (χ4n) is 2.10. The lowest BCUT2D eigenvalue weighted by atomic mass is 10.0. The minimum absolute atomic E-state index is 0.173. The maximum absolute atomic E-state index is 11.4. The van der Waals surface area contributed by atoms with E-state index < -0.39 is 0 Å². The Morgan fingerprint density at radius 2 is 2.33 bits per heavy atom. The van der Waals surface area contributed by atoms with Crippen molar-refractivity contribution in [2.24, 2.45) is 0 Å². The molecule has 1 aliphatic rings. The summed E-state index contributed by atoms with van der Waals surface area (Å²) in [4.78, 5) is 13.1. The first kappa shape index (κ1) is 12.2. The van der Waals surface area contributed by atoms with Gasteiger partial charge in [-0.05, 0) is 24.6 Å². The smallest absolute Gasteiger partial charge is 0.222 e. The third-order valence-corrected chi connectivity index (χ3v) is 3.17. The Labute approximate surface area is 106 Å². The van der Waals surface area contributed by atoms with Crippen molar-refractivity contribution in [3.63, 3.8) is 0 Å². The van der Waals surface area contributed by atoms with Crippen LogP contribution in [0.25, 0.3) is 0 Å². The van der Waals surface area contributed by atoms with Gasteiger partial charge in [-0.2, -0.15) is 5.26 Å². The lowest BCUT2D eigenvalue weighted by Gasteiger charge is -2.31. The van der Waals surface area contributed by atoms with Crippen LogP contribution < -0.4 is 11.1 Å². The minimum Gasteiger partial charge on any atom is -0.397 e. The van der Waals surface area contributed by atoms with E-state index in [4.69, 9.17) is 11.0 Å². The van der Waals surface area contributed by atoms with Gasteiger partial charge in [0.05, 0.1) is 23.0 Å². The highest BCUT2D eigenvalue weighted by molar-refractivity contribution is 5.77. The molecule has 0 bridgehead atoms. The second-order valence-corrected chi connectivity index (χ2v) is 4.57. The molecule has 3 N–H and O–H groups in total. The third-order valence-electron chi connectivity index (χ3n) is 3.17. The standard InChI is InChI=1S/C13H16N4O/c1-17-8-10(3-5-13(17)18)16-12-6-9(7-14)2-4-11(12)15/h2,4,6,10,16H,3,5,8,15H2,1H3. The van der Waals surface area contributed by atoms with Gasteiger partial charge in [0.2, 0.25) is 5.91 Å². The Morgan fingerprint density at radius 1 is 1.56 bits per heavy atom. The fraction of sp³-hybridized carbons (Fsp3) is 0.385. The molecule has 0 aromatic heterocycles. The van der Waals surface area contributed by atoms with Crippen molar-refractivity contribution in [2.45, 2.75) is 18.9 Å². The van der Waals surface area contributed by atoms with Gasteiger partial charge in [-0.3, -0.25) is 4.79 Å². The van der Waals surface area contributed by atoms with Gasteiger partial charge >= 0.3 is 0 Å². The van der Waals surface area contributed by atoms with Crippen molar-refractivity contribution in [1.82, 2.24) is 4.90 Å². The molecule has 1 aromatic rings. The summed E-state index contributed by atoms with van der Waals surface area (Å²) in [6.45, 7) is 0.662. The summed E-state index contributed by atoms with van der Waals surface area (Å²) >= 11 is 0. The van der Waals surface area contributed by atoms with E-state index in [0.717, 1.165) is 12.1 Å². The van der Waals surface area contributed by atoms with E-state index in [1.165, 1.54) is 0 Å². The third kappa shape index (κ3) is 2.54. The summed E-state index contributed by atoms with van der Waals surface area (Å²) < 4.78 is 0. The number of hydrogen-bond donors (Lipinski definition) is 2.